The number of rotatable bonds is 2. The van der Waals surface area contributed by atoms with Crippen LogP contribution in [0.5, 0.6) is 0 Å². The molecule has 0 saturated carbocycles. The molecule has 0 N–H and O–H groups in total. The van der Waals surface area contributed by atoms with Gasteiger partial charge in [0.1, 0.15) is 0 Å². The third-order valence-corrected chi connectivity index (χ3v) is 2.47. The van der Waals surface area contributed by atoms with E-state index < -0.39 is 11.0 Å². The lowest BCUT2D eigenvalue weighted by Crippen LogP contribution is -3.00. The van der Waals surface area contributed by atoms with Gasteiger partial charge in [0.2, 0.25) is 0 Å². The van der Waals surface area contributed by atoms with E-state index >= 15 is 0 Å². The second kappa shape index (κ2) is 6.10. The van der Waals surface area contributed by atoms with Gasteiger partial charge in [0.25, 0.3) is 5.69 Å². The fraction of sp³-hybridized carbons (Fsp3) is 0.167. The van der Waals surface area contributed by atoms with E-state index in [4.69, 9.17) is 4.74 Å². The first-order chi connectivity index (χ1) is 8.63. The molecular formula is C12H11ClN2O4. The van der Waals surface area contributed by atoms with Crippen LogP contribution in [-0.2, 0) is 4.74 Å². The summed E-state index contributed by atoms with van der Waals surface area (Å²) >= 11 is 0. The van der Waals surface area contributed by atoms with Crippen molar-refractivity contribution >= 4 is 22.6 Å². The van der Waals surface area contributed by atoms with E-state index in [2.05, 4.69) is 0 Å². The number of nitro groups is 1. The van der Waals surface area contributed by atoms with Crippen LogP contribution in [0.3, 0.4) is 0 Å². The van der Waals surface area contributed by atoms with Crippen LogP contribution in [0.15, 0.2) is 36.7 Å². The molecule has 0 aliphatic rings. The number of hydrogen-bond acceptors (Lipinski definition) is 4. The Bertz CT molecular complexity index is 630. The number of pyridine rings is 1. The molecule has 0 saturated heterocycles. The Morgan fingerprint density at radius 2 is 2.16 bits per heavy atom. The lowest BCUT2D eigenvalue weighted by atomic mass is 10.1. The highest BCUT2D eigenvalue weighted by Crippen LogP contribution is 2.23. The molecule has 0 unspecified atom stereocenters. The molecule has 6 nitrogen and oxygen atoms in total. The Morgan fingerprint density at radius 3 is 2.79 bits per heavy atom. The molecule has 0 aliphatic carbocycles. The molecule has 0 atom stereocenters. The Labute approximate surface area is 115 Å². The van der Waals surface area contributed by atoms with Gasteiger partial charge in [-0.2, -0.15) is 4.79 Å². The van der Waals surface area contributed by atoms with Crippen molar-refractivity contribution < 1.29 is 31.4 Å². The van der Waals surface area contributed by atoms with Crippen LogP contribution in [0.1, 0.15) is 6.92 Å². The summed E-state index contributed by atoms with van der Waals surface area (Å²) in [5, 5.41) is 11.9. The summed E-state index contributed by atoms with van der Waals surface area (Å²) in [6.07, 6.45) is 2.46. The minimum atomic E-state index is -0.508. The molecule has 0 amide bonds. The summed E-state index contributed by atoms with van der Waals surface area (Å²) < 4.78 is 6.10. The van der Waals surface area contributed by atoms with E-state index in [0.29, 0.717) is 10.8 Å². The van der Waals surface area contributed by atoms with Gasteiger partial charge in [0, 0.05) is 12.1 Å². The standard InChI is InChI=1S/C12H11N2O4.ClH/c1-2-18-12(15)13-7-6-10-9(8-13)4-3-5-11(10)14(16)17;/h3-8H,2H2,1H3;1H/q+1;/p-1. The van der Waals surface area contributed by atoms with E-state index in [-0.39, 0.29) is 24.7 Å². The average Bonchev–Trinajstić information content (AvgIpc) is 2.37. The lowest BCUT2D eigenvalue weighted by Gasteiger charge is -1.98. The number of aromatic nitrogens is 1. The molecule has 0 bridgehead atoms. The Morgan fingerprint density at radius 1 is 1.42 bits per heavy atom. The van der Waals surface area contributed by atoms with Crippen LogP contribution in [0, 0.1) is 10.1 Å². The number of halogens is 1. The molecule has 1 aromatic carbocycles. The third kappa shape index (κ3) is 2.97. The van der Waals surface area contributed by atoms with Crippen molar-refractivity contribution in [2.24, 2.45) is 0 Å². The molecule has 1 aromatic heterocycles. The summed E-state index contributed by atoms with van der Waals surface area (Å²) in [5.74, 6) is 0. The zero-order valence-corrected chi connectivity index (χ0v) is 10.8. The first-order valence-electron chi connectivity index (χ1n) is 5.39. The van der Waals surface area contributed by atoms with Gasteiger partial charge in [-0.15, -0.1) is 0 Å². The maximum atomic E-state index is 11.5. The average molecular weight is 283 g/mol. The predicted octanol–water partition coefficient (Wildman–Crippen LogP) is -0.956. The van der Waals surface area contributed by atoms with Crippen LogP contribution >= 0.6 is 0 Å². The Hall–Kier alpha value is -2.21. The molecule has 1 heterocycles. The summed E-state index contributed by atoms with van der Waals surface area (Å²) in [6.45, 7) is 1.99. The second-order valence-corrected chi connectivity index (χ2v) is 3.59. The number of non-ortho nitro benzene ring substituents is 1. The number of nitrogens with zero attached hydrogens (tertiary/aromatic N) is 2. The fourth-order valence-corrected chi connectivity index (χ4v) is 1.68. The highest BCUT2D eigenvalue weighted by molar-refractivity contribution is 5.89. The molecular weight excluding hydrogens is 272 g/mol. The van der Waals surface area contributed by atoms with Crippen molar-refractivity contribution in [3.63, 3.8) is 0 Å². The predicted molar refractivity (Wildman–Crippen MR) is 63.2 cm³/mol. The summed E-state index contributed by atoms with van der Waals surface area (Å²) in [7, 11) is 0. The Balaban J connectivity index is 0.00000180. The normalized spacial score (nSPS) is 9.74. The summed E-state index contributed by atoms with van der Waals surface area (Å²) in [5.41, 5.74) is 0.0171. The summed E-state index contributed by atoms with van der Waals surface area (Å²) in [4.78, 5) is 21.9. The van der Waals surface area contributed by atoms with Crippen LogP contribution < -0.4 is 17.0 Å². The quantitative estimate of drug-likeness (QED) is 0.404. The highest BCUT2D eigenvalue weighted by Gasteiger charge is 2.19. The number of carbonyl (C=O) groups is 1. The lowest BCUT2D eigenvalue weighted by molar-refractivity contribution is -0.584. The van der Waals surface area contributed by atoms with E-state index in [9.17, 15) is 14.9 Å². The molecule has 2 rings (SSSR count). The van der Waals surface area contributed by atoms with Crippen molar-refractivity contribution in [3.05, 3.63) is 46.8 Å². The zero-order chi connectivity index (χ0) is 13.1. The molecule has 0 radical (unpaired) electrons. The smallest absolute Gasteiger partial charge is 0.601 e. The van der Waals surface area contributed by atoms with Crippen LogP contribution in [0.4, 0.5) is 10.5 Å². The third-order valence-electron chi connectivity index (χ3n) is 2.47. The first kappa shape index (κ1) is 14.8. The van der Waals surface area contributed by atoms with Gasteiger partial charge in [-0.05, 0) is 13.0 Å². The van der Waals surface area contributed by atoms with Gasteiger partial charge in [0.05, 0.1) is 22.3 Å². The highest BCUT2D eigenvalue weighted by atomic mass is 35.5. The number of nitro benzene ring substituents is 1. The van der Waals surface area contributed by atoms with Gasteiger partial charge in [-0.1, -0.05) is 10.6 Å². The number of fused-ring (bicyclic) bond motifs is 1. The number of carbonyl (C=O) groups excluding carboxylic acids is 1. The van der Waals surface area contributed by atoms with Crippen LogP contribution in [0.25, 0.3) is 10.8 Å². The van der Waals surface area contributed by atoms with Gasteiger partial charge < -0.3 is 17.1 Å². The molecule has 0 fully saturated rings. The minimum Gasteiger partial charge on any atom is -1.00 e. The topological polar surface area (TPSA) is 73.3 Å². The summed E-state index contributed by atoms with van der Waals surface area (Å²) in [6, 6.07) is 6.25. The van der Waals surface area contributed by atoms with Gasteiger partial charge in [-0.25, -0.2) is 0 Å². The Kier molecular flexibility index (Phi) is 4.77. The zero-order valence-electron chi connectivity index (χ0n) is 10.1. The van der Waals surface area contributed by atoms with Gasteiger partial charge in [-0.3, -0.25) is 10.1 Å². The maximum Gasteiger partial charge on any atom is 0.601 e. The van der Waals surface area contributed by atoms with E-state index in [1.807, 2.05) is 0 Å². The number of ether oxygens (including phenoxy) is 1. The molecule has 2 aromatic rings. The maximum absolute atomic E-state index is 11.5. The van der Waals surface area contributed by atoms with Crippen molar-refractivity contribution in [2.45, 2.75) is 6.92 Å². The van der Waals surface area contributed by atoms with Crippen molar-refractivity contribution in [3.8, 4) is 0 Å². The molecule has 0 aliphatic heterocycles. The number of hydrogen-bond donors (Lipinski definition) is 0. The van der Waals surface area contributed by atoms with Gasteiger partial charge >= 0.3 is 6.09 Å². The first-order valence-corrected chi connectivity index (χ1v) is 5.39. The van der Waals surface area contributed by atoms with Crippen LogP contribution in [0.2, 0.25) is 0 Å². The SMILES string of the molecule is CCOC(=O)[n+]1ccc2c([N+](=O)[O-])cccc2c1.[Cl-]. The van der Waals surface area contributed by atoms with E-state index in [0.717, 1.165) is 0 Å². The fourth-order valence-electron chi connectivity index (χ4n) is 1.68. The van der Waals surface area contributed by atoms with Gasteiger partial charge in [0.15, 0.2) is 12.4 Å². The second-order valence-electron chi connectivity index (χ2n) is 3.59. The largest absolute Gasteiger partial charge is 1.00 e. The number of benzene rings is 1. The molecule has 0 spiro atoms. The minimum absolute atomic E-state index is 0. The van der Waals surface area contributed by atoms with Crippen LogP contribution in [-0.4, -0.2) is 17.6 Å². The molecule has 100 valence electrons. The molecule has 7 heteroatoms. The monoisotopic (exact) mass is 282 g/mol. The molecule has 19 heavy (non-hydrogen) atoms. The van der Waals surface area contributed by atoms with Crippen molar-refractivity contribution in [1.82, 2.24) is 0 Å². The van der Waals surface area contributed by atoms with E-state index in [1.54, 1.807) is 19.1 Å². The van der Waals surface area contributed by atoms with Crippen molar-refractivity contribution in [1.29, 1.82) is 0 Å². The van der Waals surface area contributed by atoms with Crippen molar-refractivity contribution in [2.75, 3.05) is 6.61 Å². The van der Waals surface area contributed by atoms with E-state index in [1.165, 1.54) is 29.1 Å².